The summed E-state index contributed by atoms with van der Waals surface area (Å²) in [7, 11) is -3.77. The molecule has 122 valence electrons. The highest BCUT2D eigenvalue weighted by Gasteiger charge is 2.32. The molecule has 6 heteroatoms. The van der Waals surface area contributed by atoms with Crippen molar-refractivity contribution in [1.82, 2.24) is 0 Å². The molecule has 5 nitrogen and oxygen atoms in total. The van der Waals surface area contributed by atoms with Crippen LogP contribution in [0, 0.1) is 18.3 Å². The van der Waals surface area contributed by atoms with Gasteiger partial charge in [0.1, 0.15) is 11.8 Å². The molecule has 0 spiro atoms. The molecule has 0 N–H and O–H groups in total. The summed E-state index contributed by atoms with van der Waals surface area (Å²) in [6, 6.07) is 14.2. The van der Waals surface area contributed by atoms with E-state index >= 15 is 0 Å². The van der Waals surface area contributed by atoms with Crippen molar-refractivity contribution in [2.75, 3.05) is 11.5 Å². The number of aryl methyl sites for hydroxylation is 1. The monoisotopic (exact) mass is 340 g/mol. The van der Waals surface area contributed by atoms with Crippen LogP contribution in [0.1, 0.15) is 12.5 Å². The quantitative estimate of drug-likeness (QED) is 0.852. The maximum absolute atomic E-state index is 12.5. The van der Waals surface area contributed by atoms with Crippen LogP contribution >= 0.6 is 0 Å². The molecule has 0 atom stereocenters. The maximum Gasteiger partial charge on any atom is 0.220 e. The molecule has 0 bridgehead atoms. The zero-order valence-corrected chi connectivity index (χ0v) is 14.2. The molecule has 0 saturated carbocycles. The normalized spacial score (nSPS) is 15.2. The lowest BCUT2D eigenvalue weighted by Gasteiger charge is -2.28. The Morgan fingerprint density at radius 3 is 2.50 bits per heavy atom. The minimum atomic E-state index is -3.77. The third-order valence-corrected chi connectivity index (χ3v) is 5.44. The molecule has 1 aliphatic rings. The Morgan fingerprint density at radius 2 is 1.88 bits per heavy atom. The highest BCUT2D eigenvalue weighted by Crippen LogP contribution is 2.40. The molecule has 0 radical (unpaired) electrons. The van der Waals surface area contributed by atoms with Crippen molar-refractivity contribution in [2.45, 2.75) is 18.7 Å². The first-order chi connectivity index (χ1) is 11.5. The Kier molecular flexibility index (Phi) is 4.04. The lowest BCUT2D eigenvalue weighted by molar-refractivity contribution is 0.340. The van der Waals surface area contributed by atoms with E-state index in [0.29, 0.717) is 12.3 Å². The fourth-order valence-corrected chi connectivity index (χ4v) is 3.87. The van der Waals surface area contributed by atoms with Crippen molar-refractivity contribution in [3.63, 3.8) is 0 Å². The van der Waals surface area contributed by atoms with Gasteiger partial charge in [-0.25, -0.2) is 8.42 Å². The van der Waals surface area contributed by atoms with Crippen LogP contribution in [0.4, 0.5) is 11.4 Å². The lowest BCUT2D eigenvalue weighted by Crippen LogP contribution is -2.21. The molecule has 0 amide bonds. The first-order valence-corrected chi connectivity index (χ1v) is 8.95. The summed E-state index contributed by atoms with van der Waals surface area (Å²) in [5.74, 6) is 0.736. The second kappa shape index (κ2) is 6.02. The molecule has 3 rings (SSSR count). The van der Waals surface area contributed by atoms with Crippen LogP contribution in [0.5, 0.6) is 5.75 Å². The number of sulfone groups is 1. The molecular formula is C18H16N2O3S. The molecule has 0 aliphatic carbocycles. The second-order valence-corrected chi connectivity index (χ2v) is 7.26. The Labute approximate surface area is 141 Å². The van der Waals surface area contributed by atoms with Crippen molar-refractivity contribution < 1.29 is 13.2 Å². The number of anilines is 2. The lowest BCUT2D eigenvalue weighted by atomic mass is 10.2. The van der Waals surface area contributed by atoms with E-state index in [2.05, 4.69) is 0 Å². The number of ether oxygens (including phenoxy) is 1. The fourth-order valence-electron chi connectivity index (χ4n) is 2.59. The fraction of sp³-hybridized carbons (Fsp3) is 0.167. The highest BCUT2D eigenvalue weighted by molar-refractivity contribution is 7.95. The molecule has 0 aromatic heterocycles. The van der Waals surface area contributed by atoms with Gasteiger partial charge in [-0.3, -0.25) is 0 Å². The summed E-state index contributed by atoms with van der Waals surface area (Å²) in [6.45, 7) is 4.37. The van der Waals surface area contributed by atoms with E-state index in [1.807, 2.05) is 38.1 Å². The van der Waals surface area contributed by atoms with Gasteiger partial charge in [0.2, 0.25) is 9.84 Å². The summed E-state index contributed by atoms with van der Waals surface area (Å²) in [4.78, 5) is 1.59. The number of allylic oxidation sites excluding steroid dienone is 1. The van der Waals surface area contributed by atoms with Crippen molar-refractivity contribution in [3.8, 4) is 11.8 Å². The van der Waals surface area contributed by atoms with Crippen LogP contribution < -0.4 is 9.64 Å². The predicted octanol–water partition coefficient (Wildman–Crippen LogP) is 3.68. The molecule has 1 heterocycles. The van der Waals surface area contributed by atoms with Crippen LogP contribution in [-0.2, 0) is 9.84 Å². The van der Waals surface area contributed by atoms with Gasteiger partial charge in [-0.05, 0) is 55.8 Å². The van der Waals surface area contributed by atoms with E-state index in [1.54, 1.807) is 29.2 Å². The molecule has 2 aromatic carbocycles. The van der Waals surface area contributed by atoms with E-state index in [1.165, 1.54) is 6.20 Å². The number of fused-ring (bicyclic) bond motifs is 1. The average Bonchev–Trinajstić information content (AvgIpc) is 2.56. The molecular weight excluding hydrogens is 324 g/mol. The summed E-state index contributed by atoms with van der Waals surface area (Å²) < 4.78 is 30.5. The van der Waals surface area contributed by atoms with E-state index < -0.39 is 9.84 Å². The summed E-state index contributed by atoms with van der Waals surface area (Å²) in [6.07, 6.45) is 1.37. The number of rotatable bonds is 3. The zero-order valence-electron chi connectivity index (χ0n) is 13.4. The molecule has 1 aliphatic heterocycles. The first-order valence-electron chi connectivity index (χ1n) is 7.47. The van der Waals surface area contributed by atoms with Gasteiger partial charge in [0.25, 0.3) is 0 Å². The van der Waals surface area contributed by atoms with Gasteiger partial charge in [0.15, 0.2) is 4.91 Å². The van der Waals surface area contributed by atoms with Gasteiger partial charge in [-0.15, -0.1) is 0 Å². The third-order valence-electron chi connectivity index (χ3n) is 3.74. The minimum absolute atomic E-state index is 0.140. The highest BCUT2D eigenvalue weighted by atomic mass is 32.2. The van der Waals surface area contributed by atoms with Crippen LogP contribution in [0.3, 0.4) is 0 Å². The maximum atomic E-state index is 12.5. The van der Waals surface area contributed by atoms with Crippen molar-refractivity contribution >= 4 is 21.2 Å². The van der Waals surface area contributed by atoms with Gasteiger partial charge < -0.3 is 9.64 Å². The van der Waals surface area contributed by atoms with Crippen LogP contribution in [0.25, 0.3) is 0 Å². The van der Waals surface area contributed by atoms with Gasteiger partial charge in [-0.1, -0.05) is 6.07 Å². The van der Waals surface area contributed by atoms with E-state index in [-0.39, 0.29) is 9.80 Å². The van der Waals surface area contributed by atoms with Gasteiger partial charge in [0.05, 0.1) is 17.2 Å². The summed E-state index contributed by atoms with van der Waals surface area (Å²) in [5.41, 5.74) is 2.24. The average molecular weight is 340 g/mol. The van der Waals surface area contributed by atoms with Crippen LogP contribution in [-0.4, -0.2) is 15.0 Å². The molecule has 0 fully saturated rings. The van der Waals surface area contributed by atoms with Gasteiger partial charge >= 0.3 is 0 Å². The van der Waals surface area contributed by atoms with Crippen molar-refractivity contribution in [3.05, 3.63) is 59.1 Å². The van der Waals surface area contributed by atoms with Gasteiger partial charge in [-0.2, -0.15) is 5.26 Å². The second-order valence-electron chi connectivity index (χ2n) is 5.38. The molecule has 24 heavy (non-hydrogen) atoms. The molecule has 2 aromatic rings. The Morgan fingerprint density at radius 1 is 1.17 bits per heavy atom. The SMILES string of the molecule is CCOc1ccc(N2C=C(C#N)S(=O)(=O)c3ccc(C)cc32)cc1. The number of hydrogen-bond donors (Lipinski definition) is 0. The van der Waals surface area contributed by atoms with E-state index in [0.717, 1.165) is 17.0 Å². The number of nitriles is 1. The number of nitrogens with zero attached hydrogens (tertiary/aromatic N) is 2. The Hall–Kier alpha value is -2.78. The summed E-state index contributed by atoms with van der Waals surface area (Å²) in [5, 5.41) is 9.24. The Bertz CT molecular complexity index is 955. The number of benzene rings is 2. The smallest absolute Gasteiger partial charge is 0.220 e. The first kappa shape index (κ1) is 16.1. The predicted molar refractivity (Wildman–Crippen MR) is 91.8 cm³/mol. The minimum Gasteiger partial charge on any atom is -0.494 e. The Balaban J connectivity index is 2.17. The number of hydrogen-bond acceptors (Lipinski definition) is 5. The van der Waals surface area contributed by atoms with Crippen LogP contribution in [0.2, 0.25) is 0 Å². The molecule has 0 unspecified atom stereocenters. The van der Waals surface area contributed by atoms with Crippen LogP contribution in [0.15, 0.2) is 58.5 Å². The van der Waals surface area contributed by atoms with Gasteiger partial charge in [0, 0.05) is 11.9 Å². The van der Waals surface area contributed by atoms with E-state index in [4.69, 9.17) is 4.74 Å². The van der Waals surface area contributed by atoms with Crippen molar-refractivity contribution in [2.24, 2.45) is 0 Å². The summed E-state index contributed by atoms with van der Waals surface area (Å²) >= 11 is 0. The standard InChI is InChI=1S/C18H16N2O3S/c1-3-23-15-7-5-14(6-8-15)20-12-16(11-19)24(21,22)18-9-4-13(2)10-17(18)20/h4-10,12H,3H2,1-2H3. The van der Waals surface area contributed by atoms with E-state index in [9.17, 15) is 13.7 Å². The largest absolute Gasteiger partial charge is 0.494 e. The molecule has 0 saturated heterocycles. The van der Waals surface area contributed by atoms with Crippen molar-refractivity contribution in [1.29, 1.82) is 5.26 Å². The zero-order chi connectivity index (χ0) is 17.3. The third kappa shape index (κ3) is 2.63. The topological polar surface area (TPSA) is 70.4 Å².